The van der Waals surface area contributed by atoms with E-state index in [1.807, 2.05) is 36.4 Å². The molecule has 106 heavy (non-hydrogen) atoms. The summed E-state index contributed by atoms with van der Waals surface area (Å²) >= 11 is 0. The third-order valence-electron chi connectivity index (χ3n) is 22.2. The summed E-state index contributed by atoms with van der Waals surface area (Å²) in [5, 5.41) is 0. The maximum atomic E-state index is 12.4. The van der Waals surface area contributed by atoms with E-state index in [4.69, 9.17) is 9.47 Å². The van der Waals surface area contributed by atoms with Gasteiger partial charge in [0, 0.05) is 40.3 Å². The number of hydrogen-bond acceptors (Lipinski definition) is 6. The van der Waals surface area contributed by atoms with Crippen LogP contribution in [0.4, 0.5) is 0 Å². The first-order valence-corrected chi connectivity index (χ1v) is 40.1. The van der Waals surface area contributed by atoms with Crippen molar-refractivity contribution < 1.29 is 28.5 Å². The van der Waals surface area contributed by atoms with Gasteiger partial charge in [-0.2, -0.15) is 0 Å². The quantitative estimate of drug-likeness (QED) is 0.0169. The minimum atomic E-state index is -0.297. The standard InChI is InChI=1S/2C39H56.C18H12O4.2C2H6O/c2*1-7-9-11-13-15-23-29-39(34(5)6,30-24-16-14-12-10-8-2)32-37(35-25-19-17-20-26-35)31-38(33(3)4)36-27-21-18-22-28-36;19-17-15-13(9-5-1-3-7-11(9)21-17)16-14(15)10-6-2-4-8-12(10)22-18(16)20;2*1-3-2/h2*7-10,15-28,33-34,37-38H,11-14,29-32H2,1-6H3;1-8,13-16H;2*1-2H3/b2*9-7+,10-8+,23-15-,24-16-;;;. The van der Waals surface area contributed by atoms with E-state index < -0.39 is 0 Å². The van der Waals surface area contributed by atoms with Crippen molar-refractivity contribution in [3.8, 4) is 11.5 Å². The van der Waals surface area contributed by atoms with Crippen molar-refractivity contribution in [3.63, 3.8) is 0 Å². The summed E-state index contributed by atoms with van der Waals surface area (Å²) in [7, 11) is 6.50. The van der Waals surface area contributed by atoms with E-state index in [2.05, 4.69) is 311 Å². The van der Waals surface area contributed by atoms with Crippen molar-refractivity contribution >= 4 is 11.9 Å². The van der Waals surface area contributed by atoms with Crippen LogP contribution in [0.15, 0.2) is 267 Å². The predicted octanol–water partition coefficient (Wildman–Crippen LogP) is 27.6. The number of allylic oxidation sites excluding steroid dienone is 16. The van der Waals surface area contributed by atoms with E-state index in [0.717, 1.165) is 88.2 Å². The van der Waals surface area contributed by atoms with Crippen molar-refractivity contribution in [1.82, 2.24) is 0 Å². The summed E-state index contributed by atoms with van der Waals surface area (Å²) < 4.78 is 19.4. The molecule has 1 fully saturated rings. The molecule has 2 aliphatic heterocycles. The lowest BCUT2D eigenvalue weighted by Gasteiger charge is -2.53. The van der Waals surface area contributed by atoms with Crippen LogP contribution in [0.3, 0.4) is 0 Å². The molecule has 4 unspecified atom stereocenters. The van der Waals surface area contributed by atoms with Gasteiger partial charge in [-0.3, -0.25) is 9.59 Å². The molecule has 3 aliphatic rings. The molecule has 0 N–H and O–H groups in total. The molecule has 0 aromatic heterocycles. The van der Waals surface area contributed by atoms with Crippen molar-refractivity contribution in [3.05, 3.63) is 300 Å². The third kappa shape index (κ3) is 28.0. The molecule has 0 spiro atoms. The van der Waals surface area contributed by atoms with Crippen molar-refractivity contribution in [2.45, 2.75) is 221 Å². The van der Waals surface area contributed by atoms with Gasteiger partial charge in [0.1, 0.15) is 11.5 Å². The fraction of sp³-hybridized carbons (Fsp3) is 0.460. The number of carbonyl (C=O) groups is 2. The summed E-state index contributed by atoms with van der Waals surface area (Å²) in [5.41, 5.74) is 8.29. The number of fused-ring (bicyclic) bond motifs is 8. The highest BCUT2D eigenvalue weighted by atomic mass is 16.5. The normalized spacial score (nSPS) is 17.4. The summed E-state index contributed by atoms with van der Waals surface area (Å²) in [6.07, 6.45) is 55.8. The van der Waals surface area contributed by atoms with Gasteiger partial charge in [0.15, 0.2) is 0 Å². The van der Waals surface area contributed by atoms with Crippen LogP contribution in [0.2, 0.25) is 0 Å². The Kier molecular flexibility index (Phi) is 41.7. The number of rotatable bonds is 36. The number of methoxy groups -OCH3 is 2. The summed E-state index contributed by atoms with van der Waals surface area (Å²) in [6, 6.07) is 60.1. The summed E-state index contributed by atoms with van der Waals surface area (Å²) in [6.45, 7) is 27.9. The van der Waals surface area contributed by atoms with E-state index in [-0.39, 0.29) is 46.4 Å². The Morgan fingerprint density at radius 1 is 0.330 bits per heavy atom. The van der Waals surface area contributed by atoms with Crippen LogP contribution in [-0.4, -0.2) is 40.4 Å². The summed E-state index contributed by atoms with van der Waals surface area (Å²) in [5.74, 6) is 4.33. The number of unbranched alkanes of at least 4 members (excludes halogenated alkanes) is 4. The molecule has 572 valence electrons. The van der Waals surface area contributed by atoms with Gasteiger partial charge in [-0.25, -0.2) is 0 Å². The number of carbonyl (C=O) groups excluding carboxylic acids is 2. The minimum Gasteiger partial charge on any atom is -0.426 e. The first-order valence-electron chi connectivity index (χ1n) is 40.1. The fourth-order valence-electron chi connectivity index (χ4n) is 16.0. The zero-order chi connectivity index (χ0) is 77.0. The Morgan fingerprint density at radius 2 is 0.575 bits per heavy atom. The van der Waals surface area contributed by atoms with Crippen molar-refractivity contribution in [2.24, 2.45) is 46.3 Å². The molecular weight excluding hydrogens is 1300 g/mol. The maximum absolute atomic E-state index is 12.4. The topological polar surface area (TPSA) is 71.1 Å². The zero-order valence-electron chi connectivity index (χ0n) is 68.1. The molecule has 2 heterocycles. The molecule has 6 aromatic carbocycles. The molecule has 0 amide bonds. The Balaban J connectivity index is 0.000000283. The second-order valence-electron chi connectivity index (χ2n) is 30.8. The Morgan fingerprint density at radius 3 is 0.830 bits per heavy atom. The average molecular weight is 1430 g/mol. The number of esters is 2. The second-order valence-corrected chi connectivity index (χ2v) is 30.8. The van der Waals surface area contributed by atoms with Gasteiger partial charge < -0.3 is 18.9 Å². The highest BCUT2D eigenvalue weighted by Crippen LogP contribution is 2.64. The molecule has 0 saturated heterocycles. The van der Waals surface area contributed by atoms with Gasteiger partial charge in [0.05, 0.1) is 11.8 Å². The van der Waals surface area contributed by atoms with Crippen LogP contribution in [0.25, 0.3) is 0 Å². The lowest BCUT2D eigenvalue weighted by atomic mass is 9.51. The van der Waals surface area contributed by atoms with Gasteiger partial charge in [0.25, 0.3) is 0 Å². The maximum Gasteiger partial charge on any atom is 0.315 e. The van der Waals surface area contributed by atoms with E-state index >= 15 is 0 Å². The van der Waals surface area contributed by atoms with Crippen LogP contribution in [0.1, 0.15) is 255 Å². The van der Waals surface area contributed by atoms with Crippen molar-refractivity contribution in [1.29, 1.82) is 0 Å². The molecule has 0 bridgehead atoms. The molecule has 0 radical (unpaired) electrons. The van der Waals surface area contributed by atoms with Gasteiger partial charge in [-0.05, 0) is 234 Å². The first kappa shape index (κ1) is 88.7. The molecule has 1 aliphatic carbocycles. The van der Waals surface area contributed by atoms with E-state index in [9.17, 15) is 9.59 Å². The highest BCUT2D eigenvalue weighted by molar-refractivity contribution is 5.91. The Bertz CT molecular complexity index is 3300. The van der Waals surface area contributed by atoms with Crippen LogP contribution in [0.5, 0.6) is 11.5 Å². The molecule has 1 saturated carbocycles. The van der Waals surface area contributed by atoms with Crippen LogP contribution >= 0.6 is 0 Å². The van der Waals surface area contributed by atoms with Crippen LogP contribution < -0.4 is 9.47 Å². The number of para-hydroxylation sites is 2. The smallest absolute Gasteiger partial charge is 0.315 e. The Hall–Kier alpha value is -7.90. The van der Waals surface area contributed by atoms with Gasteiger partial charge in [-0.1, -0.05) is 310 Å². The fourth-order valence-corrected chi connectivity index (χ4v) is 16.0. The molecular formula is C100H136O6. The molecule has 6 heteroatoms. The molecule has 6 nitrogen and oxygen atoms in total. The largest absolute Gasteiger partial charge is 0.426 e. The van der Waals surface area contributed by atoms with Gasteiger partial charge >= 0.3 is 11.9 Å². The lowest BCUT2D eigenvalue weighted by molar-refractivity contribution is -0.161. The number of ether oxygens (including phenoxy) is 4. The van der Waals surface area contributed by atoms with Gasteiger partial charge in [-0.15, -0.1) is 0 Å². The Labute approximate surface area is 644 Å². The molecule has 4 atom stereocenters. The van der Waals surface area contributed by atoms with Gasteiger partial charge in [0.2, 0.25) is 0 Å². The van der Waals surface area contributed by atoms with E-state index in [0.29, 0.717) is 58.8 Å². The second kappa shape index (κ2) is 49.9. The average Bonchev–Trinajstić information content (AvgIpc) is 0.696. The molecule has 6 aromatic rings. The minimum absolute atomic E-state index is 0.136. The monoisotopic (exact) mass is 1430 g/mol. The van der Waals surface area contributed by atoms with E-state index in [1.165, 1.54) is 47.9 Å². The highest BCUT2D eigenvalue weighted by Gasteiger charge is 2.64. The molecule has 9 rings (SSSR count). The predicted molar refractivity (Wildman–Crippen MR) is 453 cm³/mol. The number of benzene rings is 6. The van der Waals surface area contributed by atoms with Crippen LogP contribution in [-0.2, 0) is 19.1 Å². The van der Waals surface area contributed by atoms with Crippen LogP contribution in [0, 0.1) is 46.3 Å². The SMILES string of the molecule is C/C=C/CC/C=C\CC(C/C=C\CC/C=C/C)(CC(CC(c1ccccc1)C(C)C)c1ccccc1)C(C)C.C/C=C/CC/C=C\CC(C/C=C\CC/C=C/C)(CC(CC(c1ccccc1)C(C)C)c1ccccc1)C(C)C.COC.COC.O=C1Oc2ccccc2C2C1C1c3ccccc3OC(=O)C21. The summed E-state index contributed by atoms with van der Waals surface area (Å²) in [4.78, 5) is 24.8. The number of hydrogen-bond donors (Lipinski definition) is 0. The first-order chi connectivity index (χ1) is 51.4. The third-order valence-corrected chi connectivity index (χ3v) is 22.2. The lowest BCUT2D eigenvalue weighted by Crippen LogP contribution is -2.56. The zero-order valence-corrected chi connectivity index (χ0v) is 68.1. The van der Waals surface area contributed by atoms with Crippen molar-refractivity contribution in [2.75, 3.05) is 28.4 Å². The van der Waals surface area contributed by atoms with E-state index in [1.54, 1.807) is 40.6 Å².